The van der Waals surface area contributed by atoms with Crippen molar-refractivity contribution in [3.05, 3.63) is 47.5 Å². The Hall–Kier alpha value is -1.83. The highest BCUT2D eigenvalue weighted by molar-refractivity contribution is 5.16. The quantitative estimate of drug-likeness (QED) is 0.859. The SMILES string of the molecule is CC(C)(C)c1cn(C[C@H]2OC[C@H](O)[C@H]2NCc2ccc(F)cc2)nn1. The van der Waals surface area contributed by atoms with E-state index in [9.17, 15) is 9.50 Å². The van der Waals surface area contributed by atoms with Gasteiger partial charge in [-0.05, 0) is 17.7 Å². The molecular weight excluding hydrogens is 323 g/mol. The monoisotopic (exact) mass is 348 g/mol. The second-order valence-electron chi connectivity index (χ2n) is 7.55. The Balaban J connectivity index is 1.62. The summed E-state index contributed by atoms with van der Waals surface area (Å²) in [6.45, 7) is 7.60. The average Bonchev–Trinajstić information content (AvgIpc) is 3.15. The zero-order chi connectivity index (χ0) is 18.0. The highest BCUT2D eigenvalue weighted by Crippen LogP contribution is 2.21. The Morgan fingerprint density at radius 3 is 2.68 bits per heavy atom. The normalized spacial score (nSPS) is 24.0. The van der Waals surface area contributed by atoms with E-state index >= 15 is 0 Å². The van der Waals surface area contributed by atoms with E-state index in [0.29, 0.717) is 13.1 Å². The largest absolute Gasteiger partial charge is 0.389 e. The van der Waals surface area contributed by atoms with Gasteiger partial charge < -0.3 is 15.2 Å². The number of hydrogen-bond acceptors (Lipinski definition) is 5. The Kier molecular flexibility index (Phi) is 5.17. The predicted octanol–water partition coefficient (Wildman–Crippen LogP) is 1.63. The molecule has 0 amide bonds. The van der Waals surface area contributed by atoms with Gasteiger partial charge in [0.2, 0.25) is 0 Å². The van der Waals surface area contributed by atoms with Crippen molar-refractivity contribution < 1.29 is 14.2 Å². The van der Waals surface area contributed by atoms with Crippen molar-refractivity contribution in [1.29, 1.82) is 0 Å². The number of benzene rings is 1. The van der Waals surface area contributed by atoms with Gasteiger partial charge in [-0.15, -0.1) is 5.10 Å². The summed E-state index contributed by atoms with van der Waals surface area (Å²) in [6, 6.07) is 6.10. The average molecular weight is 348 g/mol. The number of aromatic nitrogens is 3. The molecule has 0 unspecified atom stereocenters. The van der Waals surface area contributed by atoms with Gasteiger partial charge in [-0.1, -0.05) is 38.1 Å². The molecule has 2 aromatic rings. The maximum Gasteiger partial charge on any atom is 0.123 e. The number of hydrogen-bond donors (Lipinski definition) is 2. The molecule has 0 saturated carbocycles. The van der Waals surface area contributed by atoms with Crippen molar-refractivity contribution in [1.82, 2.24) is 20.3 Å². The van der Waals surface area contributed by atoms with Crippen molar-refractivity contribution in [2.75, 3.05) is 6.61 Å². The van der Waals surface area contributed by atoms with Crippen LogP contribution in [0.1, 0.15) is 32.0 Å². The number of aliphatic hydroxyl groups excluding tert-OH is 1. The van der Waals surface area contributed by atoms with Gasteiger partial charge in [-0.2, -0.15) is 0 Å². The van der Waals surface area contributed by atoms with Crippen molar-refractivity contribution in [3.63, 3.8) is 0 Å². The highest BCUT2D eigenvalue weighted by Gasteiger charge is 2.36. The van der Waals surface area contributed by atoms with Crippen LogP contribution in [0.25, 0.3) is 0 Å². The van der Waals surface area contributed by atoms with Gasteiger partial charge in [0.15, 0.2) is 0 Å². The minimum absolute atomic E-state index is 0.0610. The van der Waals surface area contributed by atoms with Crippen LogP contribution in [0, 0.1) is 5.82 Å². The molecule has 1 saturated heterocycles. The third kappa shape index (κ3) is 4.42. The van der Waals surface area contributed by atoms with Crippen LogP contribution in [0.4, 0.5) is 4.39 Å². The summed E-state index contributed by atoms with van der Waals surface area (Å²) >= 11 is 0. The number of nitrogens with zero attached hydrogens (tertiary/aromatic N) is 3. The molecule has 1 aliphatic rings. The molecule has 0 bridgehead atoms. The smallest absolute Gasteiger partial charge is 0.123 e. The zero-order valence-electron chi connectivity index (χ0n) is 14.8. The number of ether oxygens (including phenoxy) is 1. The molecule has 3 atom stereocenters. The van der Waals surface area contributed by atoms with E-state index in [1.54, 1.807) is 16.8 Å². The van der Waals surface area contributed by atoms with E-state index in [-0.39, 0.29) is 30.0 Å². The van der Waals surface area contributed by atoms with Crippen molar-refractivity contribution in [2.45, 2.75) is 57.5 Å². The molecule has 2 N–H and O–H groups in total. The molecule has 1 aromatic heterocycles. The molecule has 3 rings (SSSR count). The first-order valence-corrected chi connectivity index (χ1v) is 8.51. The molecule has 136 valence electrons. The zero-order valence-corrected chi connectivity index (χ0v) is 14.8. The molecular formula is C18H25FN4O2. The van der Waals surface area contributed by atoms with E-state index in [1.165, 1.54) is 12.1 Å². The molecule has 2 heterocycles. The van der Waals surface area contributed by atoms with Gasteiger partial charge in [0.1, 0.15) is 5.82 Å². The Bertz CT molecular complexity index is 696. The van der Waals surface area contributed by atoms with Crippen LogP contribution in [-0.4, -0.2) is 45.0 Å². The highest BCUT2D eigenvalue weighted by atomic mass is 19.1. The molecule has 1 fully saturated rings. The van der Waals surface area contributed by atoms with E-state index in [0.717, 1.165) is 11.3 Å². The summed E-state index contributed by atoms with van der Waals surface area (Å²) in [5, 5.41) is 21.9. The van der Waals surface area contributed by atoms with Crippen LogP contribution in [0.2, 0.25) is 0 Å². The van der Waals surface area contributed by atoms with Crippen LogP contribution in [0.5, 0.6) is 0 Å². The number of rotatable bonds is 5. The predicted molar refractivity (Wildman–Crippen MR) is 91.5 cm³/mol. The molecule has 1 aromatic carbocycles. The first-order valence-electron chi connectivity index (χ1n) is 8.51. The van der Waals surface area contributed by atoms with Gasteiger partial charge in [0.25, 0.3) is 0 Å². The van der Waals surface area contributed by atoms with Crippen LogP contribution >= 0.6 is 0 Å². The summed E-state index contributed by atoms with van der Waals surface area (Å²) in [7, 11) is 0. The Morgan fingerprint density at radius 2 is 2.04 bits per heavy atom. The minimum atomic E-state index is -0.587. The summed E-state index contributed by atoms with van der Waals surface area (Å²) < 4.78 is 20.5. The maximum atomic E-state index is 13.0. The Labute approximate surface area is 147 Å². The van der Waals surface area contributed by atoms with Gasteiger partial charge in [-0.3, -0.25) is 0 Å². The molecule has 0 radical (unpaired) electrons. The lowest BCUT2D eigenvalue weighted by atomic mass is 9.93. The fraction of sp³-hybridized carbons (Fsp3) is 0.556. The van der Waals surface area contributed by atoms with Gasteiger partial charge in [-0.25, -0.2) is 9.07 Å². The van der Waals surface area contributed by atoms with Crippen molar-refractivity contribution in [2.24, 2.45) is 0 Å². The van der Waals surface area contributed by atoms with E-state index in [2.05, 4.69) is 36.4 Å². The van der Waals surface area contributed by atoms with Crippen LogP contribution in [0.15, 0.2) is 30.5 Å². The third-order valence-electron chi connectivity index (χ3n) is 4.43. The van der Waals surface area contributed by atoms with Crippen LogP contribution < -0.4 is 5.32 Å². The summed E-state index contributed by atoms with van der Waals surface area (Å²) in [6.07, 6.45) is 1.13. The molecule has 0 spiro atoms. The molecule has 0 aliphatic carbocycles. The van der Waals surface area contributed by atoms with Crippen molar-refractivity contribution >= 4 is 0 Å². The topological polar surface area (TPSA) is 72.2 Å². The van der Waals surface area contributed by atoms with Gasteiger partial charge in [0, 0.05) is 18.2 Å². The second-order valence-corrected chi connectivity index (χ2v) is 7.55. The Morgan fingerprint density at radius 1 is 1.32 bits per heavy atom. The molecule has 1 aliphatic heterocycles. The summed E-state index contributed by atoms with van der Waals surface area (Å²) in [5.74, 6) is -0.258. The van der Waals surface area contributed by atoms with E-state index in [1.807, 2.05) is 6.20 Å². The summed E-state index contributed by atoms with van der Waals surface area (Å²) in [5.41, 5.74) is 1.81. The first kappa shape index (κ1) is 18.0. The number of halogens is 1. The van der Waals surface area contributed by atoms with Crippen LogP contribution in [0.3, 0.4) is 0 Å². The lowest BCUT2D eigenvalue weighted by Gasteiger charge is -2.22. The minimum Gasteiger partial charge on any atom is -0.389 e. The van der Waals surface area contributed by atoms with Crippen molar-refractivity contribution in [3.8, 4) is 0 Å². The molecule has 25 heavy (non-hydrogen) atoms. The lowest BCUT2D eigenvalue weighted by Crippen LogP contribution is -2.45. The lowest BCUT2D eigenvalue weighted by molar-refractivity contribution is 0.0741. The third-order valence-corrected chi connectivity index (χ3v) is 4.43. The molecule has 7 heteroatoms. The van der Waals surface area contributed by atoms with E-state index < -0.39 is 6.10 Å². The fourth-order valence-electron chi connectivity index (χ4n) is 2.86. The number of nitrogens with one attached hydrogen (secondary N) is 1. The van der Waals surface area contributed by atoms with Gasteiger partial charge >= 0.3 is 0 Å². The fourth-order valence-corrected chi connectivity index (χ4v) is 2.86. The maximum absolute atomic E-state index is 13.0. The first-order chi connectivity index (χ1) is 11.8. The standard InChI is InChI=1S/C18H25FN4O2/c1-18(2,3)16-10-23(22-21-16)9-15-17(14(24)11-25-15)20-8-12-4-6-13(19)7-5-12/h4-7,10,14-15,17,20,24H,8-9,11H2,1-3H3/t14-,15+,17+/m0/s1. The number of aliphatic hydroxyl groups is 1. The van der Waals surface area contributed by atoms with Crippen LogP contribution in [-0.2, 0) is 23.2 Å². The summed E-state index contributed by atoms with van der Waals surface area (Å²) in [4.78, 5) is 0. The molecule has 6 nitrogen and oxygen atoms in total. The van der Waals surface area contributed by atoms with Gasteiger partial charge in [0.05, 0.1) is 37.1 Å². The van der Waals surface area contributed by atoms with E-state index in [4.69, 9.17) is 4.74 Å². The second kappa shape index (κ2) is 7.19.